The summed E-state index contributed by atoms with van der Waals surface area (Å²) >= 11 is 0. The first-order chi connectivity index (χ1) is 12.0. The molecule has 25 heavy (non-hydrogen) atoms. The average molecular weight is 349 g/mol. The quantitative estimate of drug-likeness (QED) is 0.760. The smallest absolute Gasteiger partial charge is 0.236 e. The Morgan fingerprint density at radius 3 is 2.76 bits per heavy atom. The second-order valence-corrected chi connectivity index (χ2v) is 6.75. The molecule has 1 aliphatic rings. The number of carbonyl (C=O) groups excluding carboxylic acids is 1. The normalized spacial score (nSPS) is 18.6. The number of benzene rings is 1. The molecule has 1 unspecified atom stereocenters. The van der Waals surface area contributed by atoms with Gasteiger partial charge in [0, 0.05) is 44.4 Å². The van der Waals surface area contributed by atoms with E-state index in [0.717, 1.165) is 30.9 Å². The van der Waals surface area contributed by atoms with Crippen LogP contribution in [0.3, 0.4) is 0 Å². The number of likely N-dealkylation sites (N-methyl/N-ethyl adjacent to an activating group) is 1. The molecule has 1 saturated heterocycles. The van der Waals surface area contributed by atoms with Gasteiger partial charge in [-0.15, -0.1) is 0 Å². The molecule has 6 nitrogen and oxygen atoms in total. The third-order valence-electron chi connectivity index (χ3n) is 4.52. The monoisotopic (exact) mass is 349 g/mol. The molecular weight excluding hydrogens is 318 g/mol. The number of piperazine rings is 1. The van der Waals surface area contributed by atoms with Gasteiger partial charge in [-0.2, -0.15) is 0 Å². The molecule has 0 aliphatic carbocycles. The molecule has 1 aliphatic heterocycles. The molecular formula is C19H31N3O3. The van der Waals surface area contributed by atoms with Gasteiger partial charge in [0.05, 0.1) is 13.2 Å². The molecule has 0 saturated carbocycles. The molecule has 0 radical (unpaired) electrons. The van der Waals surface area contributed by atoms with E-state index in [1.807, 2.05) is 49.0 Å². The minimum absolute atomic E-state index is 0.129. The van der Waals surface area contributed by atoms with Crippen molar-refractivity contribution in [2.75, 3.05) is 53.5 Å². The van der Waals surface area contributed by atoms with E-state index in [0.29, 0.717) is 26.1 Å². The standard InChI is InChI=1S/C19H31N3O3/c1-4-25-18-8-6-5-7-16(18)13-21-10-11-22(14-17(21)9-12-23)19(24)15-20(2)3/h5-8,17,23H,4,9-15H2,1-3H3. The van der Waals surface area contributed by atoms with Crippen LogP contribution < -0.4 is 4.74 Å². The van der Waals surface area contributed by atoms with E-state index in [2.05, 4.69) is 11.0 Å². The summed E-state index contributed by atoms with van der Waals surface area (Å²) in [6.07, 6.45) is 0.669. The molecule has 0 aromatic heterocycles. The van der Waals surface area contributed by atoms with Crippen LogP contribution in [0.15, 0.2) is 24.3 Å². The number of hydrogen-bond acceptors (Lipinski definition) is 5. The summed E-state index contributed by atoms with van der Waals surface area (Å²) in [7, 11) is 3.81. The Bertz CT molecular complexity index is 550. The van der Waals surface area contributed by atoms with Crippen molar-refractivity contribution in [1.29, 1.82) is 0 Å². The molecule has 0 bridgehead atoms. The topological polar surface area (TPSA) is 56.2 Å². The fourth-order valence-corrected chi connectivity index (χ4v) is 3.27. The Morgan fingerprint density at radius 2 is 2.08 bits per heavy atom. The van der Waals surface area contributed by atoms with Crippen LogP contribution in [0, 0.1) is 0 Å². The van der Waals surface area contributed by atoms with Crippen molar-refractivity contribution in [3.63, 3.8) is 0 Å². The summed E-state index contributed by atoms with van der Waals surface area (Å²) < 4.78 is 5.73. The van der Waals surface area contributed by atoms with E-state index in [1.54, 1.807) is 0 Å². The number of nitrogens with zero attached hydrogens (tertiary/aromatic N) is 3. The lowest BCUT2D eigenvalue weighted by Crippen LogP contribution is -2.55. The predicted molar refractivity (Wildman–Crippen MR) is 98.6 cm³/mol. The van der Waals surface area contributed by atoms with Crippen molar-refractivity contribution in [1.82, 2.24) is 14.7 Å². The highest BCUT2D eigenvalue weighted by atomic mass is 16.5. The number of aliphatic hydroxyl groups is 1. The largest absolute Gasteiger partial charge is 0.494 e. The summed E-state index contributed by atoms with van der Waals surface area (Å²) in [5.74, 6) is 1.07. The van der Waals surface area contributed by atoms with Crippen molar-refractivity contribution < 1.29 is 14.6 Å². The third-order valence-corrected chi connectivity index (χ3v) is 4.52. The molecule has 1 atom stereocenters. The molecule has 6 heteroatoms. The van der Waals surface area contributed by atoms with Crippen molar-refractivity contribution in [3.05, 3.63) is 29.8 Å². The van der Waals surface area contributed by atoms with Crippen LogP contribution in [-0.2, 0) is 11.3 Å². The Balaban J connectivity index is 2.05. The summed E-state index contributed by atoms with van der Waals surface area (Å²) in [5, 5.41) is 9.45. The first-order valence-electron chi connectivity index (χ1n) is 9.03. The van der Waals surface area contributed by atoms with E-state index >= 15 is 0 Å². The Labute approximate surface area is 151 Å². The zero-order chi connectivity index (χ0) is 18.2. The van der Waals surface area contributed by atoms with Crippen LogP contribution in [0.1, 0.15) is 18.9 Å². The molecule has 1 fully saturated rings. The highest BCUT2D eigenvalue weighted by Crippen LogP contribution is 2.23. The molecule has 1 heterocycles. The average Bonchev–Trinajstić information content (AvgIpc) is 2.58. The van der Waals surface area contributed by atoms with Gasteiger partial charge in [-0.05, 0) is 33.5 Å². The van der Waals surface area contributed by atoms with Crippen LogP contribution in [0.25, 0.3) is 0 Å². The summed E-state index contributed by atoms with van der Waals surface area (Å²) in [4.78, 5) is 18.5. The second kappa shape index (κ2) is 9.75. The van der Waals surface area contributed by atoms with Crippen LogP contribution in [0.5, 0.6) is 5.75 Å². The lowest BCUT2D eigenvalue weighted by atomic mass is 10.1. The van der Waals surface area contributed by atoms with Crippen LogP contribution >= 0.6 is 0 Å². The van der Waals surface area contributed by atoms with E-state index in [4.69, 9.17) is 4.74 Å². The summed E-state index contributed by atoms with van der Waals surface area (Å²) in [6.45, 7) is 6.17. The maximum Gasteiger partial charge on any atom is 0.236 e. The number of rotatable bonds is 8. The molecule has 1 aromatic rings. The van der Waals surface area contributed by atoms with E-state index in [1.165, 1.54) is 0 Å². The Morgan fingerprint density at radius 1 is 1.32 bits per heavy atom. The van der Waals surface area contributed by atoms with Gasteiger partial charge in [0.15, 0.2) is 0 Å². The van der Waals surface area contributed by atoms with E-state index in [9.17, 15) is 9.90 Å². The van der Waals surface area contributed by atoms with Gasteiger partial charge < -0.3 is 19.6 Å². The molecule has 140 valence electrons. The van der Waals surface area contributed by atoms with Crippen molar-refractivity contribution in [3.8, 4) is 5.75 Å². The van der Waals surface area contributed by atoms with Gasteiger partial charge >= 0.3 is 0 Å². The van der Waals surface area contributed by atoms with Crippen molar-refractivity contribution >= 4 is 5.91 Å². The first kappa shape index (κ1) is 19.7. The maximum atomic E-state index is 12.3. The van der Waals surface area contributed by atoms with Crippen LogP contribution in [0.2, 0.25) is 0 Å². The number of para-hydroxylation sites is 1. The molecule has 1 aromatic carbocycles. The van der Waals surface area contributed by atoms with Crippen molar-refractivity contribution in [2.24, 2.45) is 0 Å². The van der Waals surface area contributed by atoms with Crippen molar-refractivity contribution in [2.45, 2.75) is 25.9 Å². The number of ether oxygens (including phenoxy) is 1. The Kier molecular flexibility index (Phi) is 7.68. The highest BCUT2D eigenvalue weighted by molar-refractivity contribution is 5.78. The minimum Gasteiger partial charge on any atom is -0.494 e. The zero-order valence-electron chi connectivity index (χ0n) is 15.6. The number of aliphatic hydroxyl groups excluding tert-OH is 1. The van der Waals surface area contributed by atoms with E-state index < -0.39 is 0 Å². The second-order valence-electron chi connectivity index (χ2n) is 6.75. The van der Waals surface area contributed by atoms with E-state index in [-0.39, 0.29) is 18.6 Å². The van der Waals surface area contributed by atoms with Crippen LogP contribution in [0.4, 0.5) is 0 Å². The number of amides is 1. The number of carbonyl (C=O) groups is 1. The third kappa shape index (κ3) is 5.70. The van der Waals surface area contributed by atoms with Gasteiger partial charge in [-0.1, -0.05) is 18.2 Å². The lowest BCUT2D eigenvalue weighted by molar-refractivity contribution is -0.135. The molecule has 2 rings (SSSR count). The summed E-state index contributed by atoms with van der Waals surface area (Å²) in [5.41, 5.74) is 1.15. The van der Waals surface area contributed by atoms with Gasteiger partial charge in [0.1, 0.15) is 5.75 Å². The lowest BCUT2D eigenvalue weighted by Gasteiger charge is -2.42. The fraction of sp³-hybridized carbons (Fsp3) is 0.632. The minimum atomic E-state index is 0.129. The highest BCUT2D eigenvalue weighted by Gasteiger charge is 2.29. The van der Waals surface area contributed by atoms with Gasteiger partial charge in [-0.25, -0.2) is 0 Å². The van der Waals surface area contributed by atoms with Crippen LogP contribution in [-0.4, -0.2) is 85.2 Å². The van der Waals surface area contributed by atoms with Gasteiger partial charge in [0.2, 0.25) is 5.91 Å². The van der Waals surface area contributed by atoms with Gasteiger partial charge in [-0.3, -0.25) is 9.69 Å². The Hall–Kier alpha value is -1.63. The molecule has 1 N–H and O–H groups in total. The molecule has 0 spiro atoms. The van der Waals surface area contributed by atoms with Gasteiger partial charge in [0.25, 0.3) is 0 Å². The number of hydrogen-bond donors (Lipinski definition) is 1. The molecule has 1 amide bonds. The first-order valence-corrected chi connectivity index (χ1v) is 9.03. The zero-order valence-corrected chi connectivity index (χ0v) is 15.6. The fourth-order valence-electron chi connectivity index (χ4n) is 3.27. The predicted octanol–water partition coefficient (Wildman–Crippen LogP) is 1.04. The SMILES string of the molecule is CCOc1ccccc1CN1CCN(C(=O)CN(C)C)CC1CCO. The summed E-state index contributed by atoms with van der Waals surface area (Å²) in [6, 6.07) is 8.26. The maximum absolute atomic E-state index is 12.3.